The average Bonchev–Trinajstić information content (AvgIpc) is 2.59. The zero-order valence-corrected chi connectivity index (χ0v) is 7.51. The lowest BCUT2D eigenvalue weighted by Crippen LogP contribution is -2.35. The third-order valence-corrected chi connectivity index (χ3v) is 2.69. The van der Waals surface area contributed by atoms with Gasteiger partial charge >= 0.3 is 0 Å². The summed E-state index contributed by atoms with van der Waals surface area (Å²) in [5.41, 5.74) is 0. The van der Waals surface area contributed by atoms with Crippen molar-refractivity contribution in [3.8, 4) is 0 Å². The van der Waals surface area contributed by atoms with Gasteiger partial charge in [0.2, 0.25) is 0 Å². The Kier molecular flexibility index (Phi) is 2.98. The van der Waals surface area contributed by atoms with E-state index in [1.807, 2.05) is 0 Å². The molecule has 0 bridgehead atoms. The molecule has 0 saturated carbocycles. The molecule has 0 aromatic carbocycles. The predicted molar refractivity (Wildman–Crippen MR) is 48.3 cm³/mol. The Labute approximate surface area is 73.9 Å². The fourth-order valence-corrected chi connectivity index (χ4v) is 1.95. The molecule has 2 rings (SSSR count). The first-order valence-corrected chi connectivity index (χ1v) is 5.02. The highest BCUT2D eigenvalue weighted by atomic mass is 16.5. The van der Waals surface area contributed by atoms with Gasteiger partial charge in [-0.05, 0) is 38.9 Å². The molecule has 2 saturated heterocycles. The van der Waals surface area contributed by atoms with Crippen LogP contribution in [-0.2, 0) is 4.74 Å². The van der Waals surface area contributed by atoms with E-state index in [9.17, 15) is 0 Å². The molecule has 2 fully saturated rings. The van der Waals surface area contributed by atoms with Gasteiger partial charge in [0, 0.05) is 6.54 Å². The van der Waals surface area contributed by atoms with E-state index in [0.717, 1.165) is 26.2 Å². The quantitative estimate of drug-likeness (QED) is 0.617. The van der Waals surface area contributed by atoms with Crippen LogP contribution in [0.3, 0.4) is 0 Å². The van der Waals surface area contributed by atoms with Gasteiger partial charge in [-0.15, -0.1) is 0 Å². The maximum absolute atomic E-state index is 5.95. The minimum Gasteiger partial charge on any atom is -0.374 e. The Morgan fingerprint density at radius 1 is 0.833 bits per heavy atom. The van der Waals surface area contributed by atoms with Crippen molar-refractivity contribution in [3.63, 3.8) is 0 Å². The van der Waals surface area contributed by atoms with Crippen LogP contribution in [0.2, 0.25) is 0 Å². The van der Waals surface area contributed by atoms with Crippen LogP contribution in [0.4, 0.5) is 0 Å². The summed E-state index contributed by atoms with van der Waals surface area (Å²) in [6, 6.07) is 0. The molecule has 2 heterocycles. The van der Waals surface area contributed by atoms with E-state index in [0.29, 0.717) is 12.2 Å². The van der Waals surface area contributed by atoms with Crippen molar-refractivity contribution in [2.24, 2.45) is 0 Å². The molecule has 70 valence electrons. The smallest absolute Gasteiger partial charge is 0.0715 e. The molecule has 0 spiro atoms. The van der Waals surface area contributed by atoms with E-state index >= 15 is 0 Å². The zero-order chi connectivity index (χ0) is 8.23. The number of rotatable bonds is 2. The number of piperidine rings is 1. The van der Waals surface area contributed by atoms with Gasteiger partial charge in [-0.25, -0.2) is 0 Å². The van der Waals surface area contributed by atoms with Gasteiger partial charge in [-0.1, -0.05) is 0 Å². The highest BCUT2D eigenvalue weighted by Gasteiger charge is 2.21. The average molecular weight is 170 g/mol. The van der Waals surface area contributed by atoms with E-state index in [2.05, 4.69) is 10.6 Å². The van der Waals surface area contributed by atoms with Crippen LogP contribution >= 0.6 is 0 Å². The Morgan fingerprint density at radius 3 is 2.17 bits per heavy atom. The largest absolute Gasteiger partial charge is 0.374 e. The standard InChI is InChI=1S/C9H18N2O/c1-4-10-5-2-8(1)12-9-3-6-11-7-9/h8-11H,1-7H2. The lowest BCUT2D eigenvalue weighted by Gasteiger charge is -2.25. The second-order valence-corrected chi connectivity index (χ2v) is 3.70. The van der Waals surface area contributed by atoms with E-state index < -0.39 is 0 Å². The zero-order valence-electron chi connectivity index (χ0n) is 7.51. The third kappa shape index (κ3) is 2.19. The molecule has 0 aliphatic carbocycles. The first-order valence-electron chi connectivity index (χ1n) is 5.02. The molecule has 2 aliphatic rings. The normalized spacial score (nSPS) is 32.5. The fraction of sp³-hybridized carbons (Fsp3) is 1.00. The van der Waals surface area contributed by atoms with Gasteiger partial charge in [0.05, 0.1) is 12.2 Å². The van der Waals surface area contributed by atoms with Gasteiger partial charge in [-0.2, -0.15) is 0 Å². The second-order valence-electron chi connectivity index (χ2n) is 3.70. The van der Waals surface area contributed by atoms with Crippen LogP contribution in [-0.4, -0.2) is 38.4 Å². The summed E-state index contributed by atoms with van der Waals surface area (Å²) in [6.45, 7) is 4.45. The van der Waals surface area contributed by atoms with Crippen molar-refractivity contribution < 1.29 is 4.74 Å². The summed E-state index contributed by atoms with van der Waals surface area (Å²) in [6.07, 6.45) is 4.60. The predicted octanol–water partition coefficient (Wildman–Crippen LogP) is 0.117. The molecule has 1 unspecified atom stereocenters. The Bertz CT molecular complexity index is 128. The lowest BCUT2D eigenvalue weighted by molar-refractivity contribution is -0.0161. The van der Waals surface area contributed by atoms with Crippen LogP contribution in [0.1, 0.15) is 19.3 Å². The molecule has 2 aliphatic heterocycles. The summed E-state index contributed by atoms with van der Waals surface area (Å²) in [4.78, 5) is 0. The van der Waals surface area contributed by atoms with Gasteiger partial charge in [0.15, 0.2) is 0 Å². The van der Waals surface area contributed by atoms with Crippen LogP contribution < -0.4 is 10.6 Å². The summed E-state index contributed by atoms with van der Waals surface area (Å²) < 4.78 is 5.95. The molecule has 3 heteroatoms. The second kappa shape index (κ2) is 4.21. The van der Waals surface area contributed by atoms with Crippen molar-refractivity contribution in [1.82, 2.24) is 10.6 Å². The molecule has 12 heavy (non-hydrogen) atoms. The molecule has 3 nitrogen and oxygen atoms in total. The Hall–Kier alpha value is -0.120. The minimum absolute atomic E-state index is 0.494. The lowest BCUT2D eigenvalue weighted by atomic mass is 10.1. The highest BCUT2D eigenvalue weighted by molar-refractivity contribution is 4.75. The van der Waals surface area contributed by atoms with Gasteiger partial charge < -0.3 is 15.4 Å². The highest BCUT2D eigenvalue weighted by Crippen LogP contribution is 2.13. The maximum Gasteiger partial charge on any atom is 0.0715 e. The molecule has 2 N–H and O–H groups in total. The van der Waals surface area contributed by atoms with Crippen LogP contribution in [0.15, 0.2) is 0 Å². The summed E-state index contributed by atoms with van der Waals surface area (Å²) in [7, 11) is 0. The van der Waals surface area contributed by atoms with E-state index in [1.54, 1.807) is 0 Å². The number of hydrogen-bond acceptors (Lipinski definition) is 3. The van der Waals surface area contributed by atoms with Crippen LogP contribution in [0.25, 0.3) is 0 Å². The van der Waals surface area contributed by atoms with Gasteiger partial charge in [0.25, 0.3) is 0 Å². The molecule has 0 radical (unpaired) electrons. The van der Waals surface area contributed by atoms with Crippen molar-refractivity contribution in [2.75, 3.05) is 26.2 Å². The Balaban J connectivity index is 1.69. The molecule has 0 aromatic heterocycles. The number of nitrogens with one attached hydrogen (secondary N) is 2. The maximum atomic E-state index is 5.95. The summed E-state index contributed by atoms with van der Waals surface area (Å²) in [5.74, 6) is 0. The van der Waals surface area contributed by atoms with E-state index in [4.69, 9.17) is 4.74 Å². The summed E-state index contributed by atoms with van der Waals surface area (Å²) >= 11 is 0. The van der Waals surface area contributed by atoms with E-state index in [1.165, 1.54) is 19.3 Å². The minimum atomic E-state index is 0.494. The molecule has 0 aromatic rings. The first-order chi connectivity index (χ1) is 5.95. The Morgan fingerprint density at radius 2 is 1.50 bits per heavy atom. The topological polar surface area (TPSA) is 33.3 Å². The van der Waals surface area contributed by atoms with Crippen LogP contribution in [0, 0.1) is 0 Å². The van der Waals surface area contributed by atoms with Crippen molar-refractivity contribution in [2.45, 2.75) is 31.5 Å². The van der Waals surface area contributed by atoms with Gasteiger partial charge in [-0.3, -0.25) is 0 Å². The number of ether oxygens (including phenoxy) is 1. The van der Waals surface area contributed by atoms with Crippen molar-refractivity contribution >= 4 is 0 Å². The summed E-state index contributed by atoms with van der Waals surface area (Å²) in [5, 5.41) is 6.67. The van der Waals surface area contributed by atoms with E-state index in [-0.39, 0.29) is 0 Å². The third-order valence-electron chi connectivity index (χ3n) is 2.69. The SMILES string of the molecule is C1CC(OC2CCNC2)CCN1. The van der Waals surface area contributed by atoms with Crippen molar-refractivity contribution in [3.05, 3.63) is 0 Å². The van der Waals surface area contributed by atoms with Gasteiger partial charge in [0.1, 0.15) is 0 Å². The molecular formula is C9H18N2O. The van der Waals surface area contributed by atoms with Crippen molar-refractivity contribution in [1.29, 1.82) is 0 Å². The number of hydrogen-bond donors (Lipinski definition) is 2. The monoisotopic (exact) mass is 170 g/mol. The first kappa shape index (κ1) is 8.48. The fourth-order valence-electron chi connectivity index (χ4n) is 1.95. The molecule has 0 amide bonds. The molecule has 1 atom stereocenters. The molecular weight excluding hydrogens is 152 g/mol. The van der Waals surface area contributed by atoms with Crippen LogP contribution in [0.5, 0.6) is 0 Å².